The number of piperazine rings is 1. The summed E-state index contributed by atoms with van der Waals surface area (Å²) in [5.74, 6) is 0.596. The molecule has 5 rings (SSSR count). The van der Waals surface area contributed by atoms with E-state index in [9.17, 15) is 4.79 Å². The zero-order valence-corrected chi connectivity index (χ0v) is 20.9. The lowest BCUT2D eigenvalue weighted by atomic mass is 10.1. The summed E-state index contributed by atoms with van der Waals surface area (Å²) in [4.78, 5) is 29.0. The molecule has 3 aromatic rings. The topological polar surface area (TPSA) is 133 Å². The van der Waals surface area contributed by atoms with E-state index in [0.717, 1.165) is 74.6 Å². The van der Waals surface area contributed by atoms with Gasteiger partial charge in [-0.2, -0.15) is 0 Å². The summed E-state index contributed by atoms with van der Waals surface area (Å²) in [6, 6.07) is 12.4. The molecular formula is C27H34N8O2. The van der Waals surface area contributed by atoms with Crippen LogP contribution in [0.4, 0.5) is 17.5 Å². The van der Waals surface area contributed by atoms with E-state index in [1.165, 1.54) is 5.56 Å². The largest absolute Gasteiger partial charge is 0.480 e. The van der Waals surface area contributed by atoms with Gasteiger partial charge in [-0.1, -0.05) is 12.1 Å². The van der Waals surface area contributed by atoms with Gasteiger partial charge < -0.3 is 21.5 Å². The number of benzene rings is 1. The Hall–Kier alpha value is -3.60. The van der Waals surface area contributed by atoms with Crippen LogP contribution in [-0.4, -0.2) is 80.6 Å². The van der Waals surface area contributed by atoms with Crippen LogP contribution in [0, 0.1) is 0 Å². The van der Waals surface area contributed by atoms with Gasteiger partial charge in [-0.05, 0) is 61.2 Å². The summed E-state index contributed by atoms with van der Waals surface area (Å²) < 4.78 is 0. The maximum Gasteiger partial charge on any atom is 0.317 e. The Balaban J connectivity index is 1.22. The molecule has 0 radical (unpaired) electrons. The Morgan fingerprint density at radius 3 is 2.68 bits per heavy atom. The molecule has 2 aromatic heterocycles. The molecule has 2 aliphatic rings. The predicted octanol–water partition coefficient (Wildman–Crippen LogP) is 2.78. The number of carboxylic acids is 1. The van der Waals surface area contributed by atoms with E-state index in [-0.39, 0.29) is 12.1 Å². The molecule has 1 aromatic carbocycles. The summed E-state index contributed by atoms with van der Waals surface area (Å²) in [5.41, 5.74) is 9.77. The average Bonchev–Trinajstić information content (AvgIpc) is 3.66. The number of nitrogens with one attached hydrogen (secondary N) is 2. The number of pyridine rings is 1. The van der Waals surface area contributed by atoms with Gasteiger partial charge in [-0.15, -0.1) is 0 Å². The van der Waals surface area contributed by atoms with Crippen LogP contribution >= 0.6 is 0 Å². The zero-order valence-electron chi connectivity index (χ0n) is 20.9. The molecular weight excluding hydrogens is 468 g/mol. The minimum absolute atomic E-state index is 0.128. The fourth-order valence-corrected chi connectivity index (χ4v) is 4.95. The van der Waals surface area contributed by atoms with E-state index in [1.807, 2.05) is 18.2 Å². The number of nitrogens with two attached hydrogens (primary N) is 1. The monoisotopic (exact) mass is 502 g/mol. The van der Waals surface area contributed by atoms with E-state index in [1.54, 1.807) is 18.6 Å². The molecule has 0 bridgehead atoms. The molecule has 0 atom stereocenters. The van der Waals surface area contributed by atoms with Crippen molar-refractivity contribution in [3.05, 3.63) is 60.6 Å². The fraction of sp³-hybridized carbons (Fsp3) is 0.407. The summed E-state index contributed by atoms with van der Waals surface area (Å²) in [6.45, 7) is 4.88. The fourth-order valence-electron chi connectivity index (χ4n) is 4.95. The molecule has 2 fully saturated rings. The second-order valence-electron chi connectivity index (χ2n) is 9.87. The number of aliphatic carboxylic acids is 1. The lowest BCUT2D eigenvalue weighted by molar-refractivity contribution is -0.139. The average molecular weight is 503 g/mol. The number of aromatic nitrogens is 3. The summed E-state index contributed by atoms with van der Waals surface area (Å²) in [6.07, 6.45) is 8.53. The Labute approximate surface area is 216 Å². The number of carbonyl (C=O) groups is 1. The third-order valence-corrected chi connectivity index (χ3v) is 7.04. The van der Waals surface area contributed by atoms with E-state index in [0.29, 0.717) is 12.5 Å². The number of rotatable bonds is 11. The minimum atomic E-state index is -0.749. The molecule has 10 heteroatoms. The van der Waals surface area contributed by atoms with Crippen molar-refractivity contribution in [2.45, 2.75) is 31.3 Å². The number of nitrogens with zero attached hydrogens (tertiary/aromatic N) is 5. The third-order valence-electron chi connectivity index (χ3n) is 7.04. The molecule has 1 saturated heterocycles. The van der Waals surface area contributed by atoms with Gasteiger partial charge in [0.15, 0.2) is 0 Å². The van der Waals surface area contributed by atoms with E-state index in [2.05, 4.69) is 53.6 Å². The highest BCUT2D eigenvalue weighted by Crippen LogP contribution is 2.45. The van der Waals surface area contributed by atoms with Gasteiger partial charge in [-0.3, -0.25) is 14.6 Å². The van der Waals surface area contributed by atoms with Gasteiger partial charge in [0.05, 0.1) is 6.54 Å². The quantitative estimate of drug-likeness (QED) is 0.290. The van der Waals surface area contributed by atoms with Crippen molar-refractivity contribution in [3.8, 4) is 11.1 Å². The van der Waals surface area contributed by atoms with E-state index in [4.69, 9.17) is 10.8 Å². The number of carboxylic acid groups (broad SMARTS) is 1. The van der Waals surface area contributed by atoms with Crippen molar-refractivity contribution in [2.24, 2.45) is 5.73 Å². The van der Waals surface area contributed by atoms with Crippen LogP contribution in [0.1, 0.15) is 24.8 Å². The Bertz CT molecular complexity index is 1220. The molecule has 10 nitrogen and oxygen atoms in total. The highest BCUT2D eigenvalue weighted by atomic mass is 16.4. The van der Waals surface area contributed by atoms with Crippen LogP contribution in [0.5, 0.6) is 0 Å². The summed E-state index contributed by atoms with van der Waals surface area (Å²) >= 11 is 0. The molecule has 1 aliphatic carbocycles. The summed E-state index contributed by atoms with van der Waals surface area (Å²) in [7, 11) is 0. The molecule has 0 amide bonds. The first-order valence-corrected chi connectivity index (χ1v) is 12.8. The molecule has 1 spiro atoms. The SMILES string of the molecule is NCCCNc1ncc(-c2ccnc(Nc3cccc(CN4CCN(CC(=O)O)CC45CC5)c3)c2)cn1. The van der Waals surface area contributed by atoms with Crippen LogP contribution in [0.15, 0.2) is 55.0 Å². The van der Waals surface area contributed by atoms with Crippen molar-refractivity contribution in [3.63, 3.8) is 0 Å². The Morgan fingerprint density at radius 1 is 1.08 bits per heavy atom. The third kappa shape index (κ3) is 6.40. The van der Waals surface area contributed by atoms with Crippen LogP contribution in [0.3, 0.4) is 0 Å². The molecule has 37 heavy (non-hydrogen) atoms. The second kappa shape index (κ2) is 11.2. The van der Waals surface area contributed by atoms with E-state index < -0.39 is 5.97 Å². The minimum Gasteiger partial charge on any atom is -0.480 e. The van der Waals surface area contributed by atoms with Gasteiger partial charge in [0, 0.05) is 68.1 Å². The highest BCUT2D eigenvalue weighted by Gasteiger charge is 2.51. The molecule has 0 unspecified atom stereocenters. The van der Waals surface area contributed by atoms with Gasteiger partial charge in [0.1, 0.15) is 5.82 Å². The van der Waals surface area contributed by atoms with Gasteiger partial charge in [0.25, 0.3) is 0 Å². The molecule has 194 valence electrons. The van der Waals surface area contributed by atoms with Crippen LogP contribution in [0.25, 0.3) is 11.1 Å². The standard InChI is InChI=1S/C27H34N8O2/c28-8-2-9-30-26-31-15-22(16-32-26)21-5-10-29-24(14-21)33-23-4-1-3-20(13-23)17-35-12-11-34(18-25(36)37)19-27(35)6-7-27/h1,3-5,10,13-16H,2,6-9,11-12,17-19,28H2,(H,29,33)(H,36,37)(H,30,31,32). The maximum atomic E-state index is 11.1. The first-order valence-electron chi connectivity index (χ1n) is 12.8. The first-order chi connectivity index (χ1) is 18.0. The number of hydrogen-bond acceptors (Lipinski definition) is 9. The molecule has 3 heterocycles. The van der Waals surface area contributed by atoms with Crippen LogP contribution in [-0.2, 0) is 11.3 Å². The molecule has 5 N–H and O–H groups in total. The van der Waals surface area contributed by atoms with Gasteiger partial charge >= 0.3 is 5.97 Å². The smallest absolute Gasteiger partial charge is 0.317 e. The van der Waals surface area contributed by atoms with Crippen LogP contribution in [0.2, 0.25) is 0 Å². The van der Waals surface area contributed by atoms with Gasteiger partial charge in [0.2, 0.25) is 5.95 Å². The van der Waals surface area contributed by atoms with Crippen molar-refractivity contribution in [1.82, 2.24) is 24.8 Å². The normalized spacial score (nSPS) is 17.0. The Morgan fingerprint density at radius 2 is 1.92 bits per heavy atom. The Kier molecular flexibility index (Phi) is 7.59. The van der Waals surface area contributed by atoms with Crippen molar-refractivity contribution in [1.29, 1.82) is 0 Å². The predicted molar refractivity (Wildman–Crippen MR) is 144 cm³/mol. The van der Waals surface area contributed by atoms with Crippen molar-refractivity contribution < 1.29 is 9.90 Å². The van der Waals surface area contributed by atoms with E-state index >= 15 is 0 Å². The maximum absolute atomic E-state index is 11.1. The number of anilines is 3. The van der Waals surface area contributed by atoms with Crippen molar-refractivity contribution in [2.75, 3.05) is 49.9 Å². The lowest BCUT2D eigenvalue weighted by Crippen LogP contribution is -2.55. The van der Waals surface area contributed by atoms with Crippen molar-refractivity contribution >= 4 is 23.4 Å². The molecule has 1 aliphatic heterocycles. The number of hydrogen-bond donors (Lipinski definition) is 4. The first kappa shape index (κ1) is 25.1. The summed E-state index contributed by atoms with van der Waals surface area (Å²) in [5, 5.41) is 15.8. The van der Waals surface area contributed by atoms with Gasteiger partial charge in [-0.25, -0.2) is 15.0 Å². The second-order valence-corrected chi connectivity index (χ2v) is 9.87. The van der Waals surface area contributed by atoms with Crippen LogP contribution < -0.4 is 16.4 Å². The highest BCUT2D eigenvalue weighted by molar-refractivity contribution is 5.69. The molecule has 1 saturated carbocycles. The zero-order chi connectivity index (χ0) is 25.7. The lowest BCUT2D eigenvalue weighted by Gasteiger charge is -2.41.